The normalized spacial score (nSPS) is 11.6. The largest absolute Gasteiger partial charge is 0.467 e. The molecule has 1 heterocycles. The van der Waals surface area contributed by atoms with Crippen LogP contribution in [-0.2, 0) is 9.53 Å². The van der Waals surface area contributed by atoms with Crippen molar-refractivity contribution in [1.82, 2.24) is 10.5 Å². The van der Waals surface area contributed by atoms with E-state index >= 15 is 0 Å². The van der Waals surface area contributed by atoms with Gasteiger partial charge >= 0.3 is 12.0 Å². The molecule has 36 heavy (non-hydrogen) atoms. The highest BCUT2D eigenvalue weighted by Gasteiger charge is 2.25. The van der Waals surface area contributed by atoms with Crippen molar-refractivity contribution < 1.29 is 32.4 Å². The fourth-order valence-corrected chi connectivity index (χ4v) is 3.47. The van der Waals surface area contributed by atoms with Gasteiger partial charge in [0.05, 0.1) is 12.8 Å². The Morgan fingerprint density at radius 2 is 1.81 bits per heavy atom. The van der Waals surface area contributed by atoms with Crippen LogP contribution in [-0.4, -0.2) is 36.2 Å². The van der Waals surface area contributed by atoms with Crippen molar-refractivity contribution in [3.8, 4) is 11.3 Å². The van der Waals surface area contributed by atoms with Crippen molar-refractivity contribution in [2.45, 2.75) is 33.2 Å². The number of benzene rings is 2. The highest BCUT2D eigenvalue weighted by Crippen LogP contribution is 2.26. The Morgan fingerprint density at radius 3 is 2.44 bits per heavy atom. The number of hydrogen-bond donors (Lipinski definition) is 3. The number of aromatic nitrogens is 1. The number of esters is 1. The van der Waals surface area contributed by atoms with E-state index in [1.54, 1.807) is 25.1 Å². The molecule has 0 aliphatic heterocycles. The summed E-state index contributed by atoms with van der Waals surface area (Å²) in [4.78, 5) is 36.8. The number of methoxy groups -OCH3 is 1. The van der Waals surface area contributed by atoms with Crippen LogP contribution in [0.15, 0.2) is 47.0 Å². The lowest BCUT2D eigenvalue weighted by Crippen LogP contribution is -2.42. The molecule has 3 aromatic rings. The Kier molecular flexibility index (Phi) is 8.36. The van der Waals surface area contributed by atoms with Crippen LogP contribution in [0, 0.1) is 24.5 Å². The fourth-order valence-electron chi connectivity index (χ4n) is 3.47. The van der Waals surface area contributed by atoms with E-state index in [0.717, 1.165) is 12.1 Å². The highest BCUT2D eigenvalue weighted by atomic mass is 19.1. The molecule has 0 bridgehead atoms. The van der Waals surface area contributed by atoms with Gasteiger partial charge in [-0.15, -0.1) is 0 Å². The molecule has 0 radical (unpaired) electrons. The van der Waals surface area contributed by atoms with Crippen molar-refractivity contribution in [3.05, 3.63) is 65.4 Å². The average molecular weight is 501 g/mol. The molecule has 0 saturated heterocycles. The lowest BCUT2D eigenvalue weighted by molar-refractivity contribution is -0.143. The van der Waals surface area contributed by atoms with Gasteiger partial charge in [0.15, 0.2) is 0 Å². The van der Waals surface area contributed by atoms with Gasteiger partial charge in [0.2, 0.25) is 5.76 Å². The maximum Gasteiger partial charge on any atom is 0.328 e. The van der Waals surface area contributed by atoms with E-state index in [2.05, 4.69) is 21.1 Å². The summed E-state index contributed by atoms with van der Waals surface area (Å²) < 4.78 is 36.7. The van der Waals surface area contributed by atoms with Gasteiger partial charge in [-0.2, -0.15) is 0 Å². The van der Waals surface area contributed by atoms with Gasteiger partial charge in [-0.25, -0.2) is 18.4 Å². The predicted molar refractivity (Wildman–Crippen MR) is 128 cm³/mol. The van der Waals surface area contributed by atoms with Gasteiger partial charge in [-0.05, 0) is 49.1 Å². The lowest BCUT2D eigenvalue weighted by atomic mass is 10.0. The molecule has 0 aliphatic carbocycles. The molecule has 2 aromatic carbocycles. The third-order valence-electron chi connectivity index (χ3n) is 5.17. The molecule has 0 saturated carbocycles. The molecular formula is C25H26F2N4O5. The quantitative estimate of drug-likeness (QED) is 0.379. The Bertz CT molecular complexity index is 1280. The number of anilines is 2. The first-order chi connectivity index (χ1) is 17.1. The monoisotopic (exact) mass is 500 g/mol. The first kappa shape index (κ1) is 26.3. The average Bonchev–Trinajstić information content (AvgIpc) is 3.30. The summed E-state index contributed by atoms with van der Waals surface area (Å²) in [6.45, 7) is 5.60. The number of carbonyl (C=O) groups is 3. The van der Waals surface area contributed by atoms with Crippen molar-refractivity contribution in [1.29, 1.82) is 0 Å². The Balaban J connectivity index is 1.68. The number of urea groups is 1. The van der Waals surface area contributed by atoms with Crippen LogP contribution in [0.2, 0.25) is 0 Å². The molecule has 9 nitrogen and oxygen atoms in total. The van der Waals surface area contributed by atoms with Crippen molar-refractivity contribution in [3.63, 3.8) is 0 Å². The fraction of sp³-hybridized carbons (Fsp3) is 0.280. The van der Waals surface area contributed by atoms with Crippen molar-refractivity contribution in [2.24, 2.45) is 5.92 Å². The minimum atomic E-state index is -0.898. The molecule has 3 N–H and O–H groups in total. The van der Waals surface area contributed by atoms with Crippen LogP contribution >= 0.6 is 0 Å². The first-order valence-electron chi connectivity index (χ1n) is 11.1. The highest BCUT2D eigenvalue weighted by molar-refractivity contribution is 6.00. The van der Waals surface area contributed by atoms with Crippen LogP contribution in [0.5, 0.6) is 0 Å². The van der Waals surface area contributed by atoms with Gasteiger partial charge in [-0.1, -0.05) is 25.1 Å². The molecule has 0 spiro atoms. The van der Waals surface area contributed by atoms with Crippen molar-refractivity contribution in [2.75, 3.05) is 17.7 Å². The maximum absolute atomic E-state index is 13.7. The van der Waals surface area contributed by atoms with Gasteiger partial charge < -0.3 is 25.2 Å². The van der Waals surface area contributed by atoms with Crippen LogP contribution in [0.4, 0.5) is 25.0 Å². The second kappa shape index (κ2) is 11.4. The molecule has 190 valence electrons. The van der Waals surface area contributed by atoms with E-state index in [4.69, 9.17) is 9.26 Å². The summed E-state index contributed by atoms with van der Waals surface area (Å²) in [5, 5.41) is 11.4. The number of aryl methyl sites for hydroxylation is 1. The smallest absolute Gasteiger partial charge is 0.328 e. The van der Waals surface area contributed by atoms with Gasteiger partial charge in [0.25, 0.3) is 5.91 Å². The van der Waals surface area contributed by atoms with E-state index in [-0.39, 0.29) is 17.4 Å². The number of nitrogens with one attached hydrogen (secondary N) is 3. The lowest BCUT2D eigenvalue weighted by Gasteiger charge is -2.17. The summed E-state index contributed by atoms with van der Waals surface area (Å²) in [5.41, 5.74) is 1.96. The third-order valence-corrected chi connectivity index (χ3v) is 5.17. The second-order valence-electron chi connectivity index (χ2n) is 8.49. The molecule has 11 heteroatoms. The number of hydrogen-bond acceptors (Lipinski definition) is 6. The number of ether oxygens (including phenoxy) is 1. The maximum atomic E-state index is 13.7. The number of amides is 3. The number of halogens is 2. The molecule has 3 rings (SSSR count). The Hall–Kier alpha value is -4.28. The van der Waals surface area contributed by atoms with Crippen LogP contribution in [0.25, 0.3) is 11.3 Å². The summed E-state index contributed by atoms with van der Waals surface area (Å²) >= 11 is 0. The van der Waals surface area contributed by atoms with Gasteiger partial charge in [0.1, 0.15) is 23.4 Å². The van der Waals surface area contributed by atoms with E-state index in [1.165, 1.54) is 13.2 Å². The topological polar surface area (TPSA) is 123 Å². The van der Waals surface area contributed by atoms with Crippen LogP contribution in [0.1, 0.15) is 36.4 Å². The molecule has 3 amide bonds. The number of carbonyl (C=O) groups excluding carboxylic acids is 3. The SMILES string of the molecule is COC(=O)C(CC(C)C)NC(=O)c1cc(-c2ccc(NC(=O)Nc3ccc(F)cc3F)cc2C)no1. The minimum Gasteiger partial charge on any atom is -0.467 e. The van der Waals surface area contributed by atoms with E-state index < -0.39 is 35.6 Å². The zero-order valence-electron chi connectivity index (χ0n) is 20.1. The van der Waals surface area contributed by atoms with Crippen LogP contribution < -0.4 is 16.0 Å². The standard InChI is InChI=1S/C25H26F2N4O5/c1-13(2)9-21(24(33)35-4)29-23(32)22-12-20(31-36-22)17-7-6-16(10-14(17)3)28-25(34)30-19-8-5-15(26)11-18(19)27/h5-8,10-13,21H,9H2,1-4H3,(H,29,32)(H2,28,30,34). The number of nitrogens with zero attached hydrogens (tertiary/aromatic N) is 1. The molecular weight excluding hydrogens is 474 g/mol. The molecule has 1 unspecified atom stereocenters. The minimum absolute atomic E-state index is 0.0787. The van der Waals surface area contributed by atoms with E-state index in [1.807, 2.05) is 13.8 Å². The molecule has 1 aromatic heterocycles. The summed E-state index contributed by atoms with van der Waals surface area (Å²) in [6.07, 6.45) is 0.397. The van der Waals surface area contributed by atoms with Gasteiger partial charge in [0, 0.05) is 23.4 Å². The third kappa shape index (κ3) is 6.65. The summed E-state index contributed by atoms with van der Waals surface area (Å²) in [5.74, 6) is -2.75. The zero-order valence-corrected chi connectivity index (χ0v) is 20.1. The van der Waals surface area contributed by atoms with Gasteiger partial charge in [-0.3, -0.25) is 4.79 Å². The Morgan fingerprint density at radius 1 is 1.06 bits per heavy atom. The van der Waals surface area contributed by atoms with E-state index in [0.29, 0.717) is 35.0 Å². The molecule has 0 aliphatic rings. The molecule has 0 fully saturated rings. The summed E-state index contributed by atoms with van der Waals surface area (Å²) in [6, 6.07) is 7.63. The summed E-state index contributed by atoms with van der Waals surface area (Å²) in [7, 11) is 1.25. The Labute approximate surface area is 206 Å². The zero-order chi connectivity index (χ0) is 26.4. The second-order valence-corrected chi connectivity index (χ2v) is 8.49. The first-order valence-corrected chi connectivity index (χ1v) is 11.1. The van der Waals surface area contributed by atoms with Crippen LogP contribution in [0.3, 0.4) is 0 Å². The van der Waals surface area contributed by atoms with Crippen molar-refractivity contribution >= 4 is 29.3 Å². The number of rotatable bonds is 8. The molecule has 1 atom stereocenters. The predicted octanol–water partition coefficient (Wildman–Crippen LogP) is 4.89. The van der Waals surface area contributed by atoms with E-state index in [9.17, 15) is 23.2 Å².